The van der Waals surface area contributed by atoms with Gasteiger partial charge in [0.25, 0.3) is 5.91 Å². The van der Waals surface area contributed by atoms with E-state index in [4.69, 9.17) is 4.74 Å². The van der Waals surface area contributed by atoms with Gasteiger partial charge in [-0.2, -0.15) is 10.5 Å². The molecule has 0 radical (unpaired) electrons. The molecule has 5 nitrogen and oxygen atoms in total. The Morgan fingerprint density at radius 1 is 1.31 bits per heavy atom. The number of nitriles is 2. The number of nitrogens with zero attached hydrogens (tertiary/aromatic N) is 2. The maximum absolute atomic E-state index is 12.8. The number of thiophene rings is 1. The molecule has 3 rings (SSSR count). The van der Waals surface area contributed by atoms with Gasteiger partial charge in [0.1, 0.15) is 28.5 Å². The number of ether oxygens (including phenoxy) is 1. The molecular weight excluding hydrogens is 518 g/mol. The minimum absolute atomic E-state index is 0.0637. The number of fused-ring (bicyclic) bond motifs is 1. The molecule has 0 saturated heterocycles. The van der Waals surface area contributed by atoms with Crippen LogP contribution in [0, 0.1) is 22.7 Å². The zero-order valence-corrected chi connectivity index (χ0v) is 19.6. The van der Waals surface area contributed by atoms with Crippen molar-refractivity contribution in [2.45, 2.75) is 32.6 Å². The SMILES string of the molecule is CCOc1c(Br)cc(Br)cc1/C=C(\C#N)C(=O)Nc1sc2c(c1C#N)CCCC2. The molecule has 0 fully saturated rings. The largest absolute Gasteiger partial charge is 0.492 e. The van der Waals surface area contributed by atoms with Gasteiger partial charge in [-0.05, 0) is 72.3 Å². The topological polar surface area (TPSA) is 85.9 Å². The Hall–Kier alpha value is -2.13. The van der Waals surface area contributed by atoms with Crippen LogP contribution in [0.2, 0.25) is 0 Å². The normalized spacial score (nSPS) is 13.2. The van der Waals surface area contributed by atoms with Crippen LogP contribution in [-0.2, 0) is 17.6 Å². The lowest BCUT2D eigenvalue weighted by molar-refractivity contribution is -0.112. The molecule has 2 aromatic rings. The summed E-state index contributed by atoms with van der Waals surface area (Å²) in [6.45, 7) is 2.31. The van der Waals surface area contributed by atoms with Gasteiger partial charge in [-0.1, -0.05) is 15.9 Å². The number of amides is 1. The van der Waals surface area contributed by atoms with Crippen LogP contribution in [0.15, 0.2) is 26.7 Å². The first-order chi connectivity index (χ1) is 14.0. The van der Waals surface area contributed by atoms with Crippen molar-refractivity contribution in [1.29, 1.82) is 10.5 Å². The van der Waals surface area contributed by atoms with Crippen molar-refractivity contribution in [3.05, 3.63) is 48.2 Å². The zero-order valence-electron chi connectivity index (χ0n) is 15.6. The summed E-state index contributed by atoms with van der Waals surface area (Å²) in [5.41, 5.74) is 2.10. The molecular formula is C21H17Br2N3O2S. The summed E-state index contributed by atoms with van der Waals surface area (Å²) >= 11 is 8.30. The first-order valence-electron chi connectivity index (χ1n) is 9.08. The smallest absolute Gasteiger partial charge is 0.266 e. The fourth-order valence-corrected chi connectivity index (χ4v) is 5.84. The summed E-state index contributed by atoms with van der Waals surface area (Å²) in [7, 11) is 0. The number of hydrogen-bond acceptors (Lipinski definition) is 5. The average Bonchev–Trinajstić information content (AvgIpc) is 3.05. The summed E-state index contributed by atoms with van der Waals surface area (Å²) < 4.78 is 7.17. The summed E-state index contributed by atoms with van der Waals surface area (Å²) in [6.07, 6.45) is 5.42. The second-order valence-corrected chi connectivity index (χ2v) is 9.26. The number of halogens is 2. The van der Waals surface area contributed by atoms with E-state index < -0.39 is 5.91 Å². The Bertz CT molecular complexity index is 1080. The van der Waals surface area contributed by atoms with Gasteiger partial charge in [-0.15, -0.1) is 11.3 Å². The van der Waals surface area contributed by atoms with Crippen molar-refractivity contribution in [3.63, 3.8) is 0 Å². The maximum atomic E-state index is 12.8. The first-order valence-corrected chi connectivity index (χ1v) is 11.5. The third-order valence-electron chi connectivity index (χ3n) is 4.50. The molecule has 8 heteroatoms. The number of hydrogen-bond donors (Lipinski definition) is 1. The average molecular weight is 535 g/mol. The van der Waals surface area contributed by atoms with Crippen LogP contribution in [0.5, 0.6) is 5.75 Å². The quantitative estimate of drug-likeness (QED) is 0.378. The van der Waals surface area contributed by atoms with Crippen molar-refractivity contribution in [3.8, 4) is 17.9 Å². The lowest BCUT2D eigenvalue weighted by Gasteiger charge is -2.11. The van der Waals surface area contributed by atoms with Gasteiger partial charge in [0, 0.05) is 14.9 Å². The summed E-state index contributed by atoms with van der Waals surface area (Å²) in [4.78, 5) is 14.0. The lowest BCUT2D eigenvalue weighted by Crippen LogP contribution is -2.13. The second kappa shape index (κ2) is 9.58. The number of carbonyl (C=O) groups excluding carboxylic acids is 1. The molecule has 0 bridgehead atoms. The van der Waals surface area contributed by atoms with E-state index in [1.54, 1.807) is 6.07 Å². The highest BCUT2D eigenvalue weighted by Crippen LogP contribution is 2.38. The summed E-state index contributed by atoms with van der Waals surface area (Å²) in [5.74, 6) is 0.0155. The van der Waals surface area contributed by atoms with Crippen molar-refractivity contribution in [2.24, 2.45) is 0 Å². The number of aryl methyl sites for hydroxylation is 1. The van der Waals surface area contributed by atoms with Gasteiger partial charge in [0.05, 0.1) is 16.6 Å². The molecule has 0 atom stereocenters. The van der Waals surface area contributed by atoms with Gasteiger partial charge >= 0.3 is 0 Å². The molecule has 0 aliphatic heterocycles. The van der Waals surface area contributed by atoms with Crippen molar-refractivity contribution in [1.82, 2.24) is 0 Å². The first kappa shape index (κ1) is 21.6. The van der Waals surface area contributed by atoms with Gasteiger partial charge < -0.3 is 10.1 Å². The van der Waals surface area contributed by atoms with Crippen LogP contribution >= 0.6 is 43.2 Å². The van der Waals surface area contributed by atoms with E-state index in [1.807, 2.05) is 19.1 Å². The van der Waals surface area contributed by atoms with E-state index in [1.165, 1.54) is 17.4 Å². The lowest BCUT2D eigenvalue weighted by atomic mass is 9.96. The molecule has 1 aliphatic carbocycles. The minimum Gasteiger partial charge on any atom is -0.492 e. The van der Waals surface area contributed by atoms with E-state index in [9.17, 15) is 15.3 Å². The minimum atomic E-state index is -0.541. The van der Waals surface area contributed by atoms with Gasteiger partial charge in [0.15, 0.2) is 0 Å². The molecule has 29 heavy (non-hydrogen) atoms. The molecule has 1 heterocycles. The van der Waals surface area contributed by atoms with E-state index in [0.29, 0.717) is 28.5 Å². The number of carbonyl (C=O) groups is 1. The fourth-order valence-electron chi connectivity index (χ4n) is 3.23. The number of benzene rings is 1. The van der Waals surface area contributed by atoms with Crippen LogP contribution in [0.3, 0.4) is 0 Å². The molecule has 0 spiro atoms. The third kappa shape index (κ3) is 4.72. The highest BCUT2D eigenvalue weighted by molar-refractivity contribution is 9.11. The van der Waals surface area contributed by atoms with Crippen LogP contribution < -0.4 is 10.1 Å². The summed E-state index contributed by atoms with van der Waals surface area (Å²) in [5, 5.41) is 22.4. The summed E-state index contributed by atoms with van der Waals surface area (Å²) in [6, 6.07) is 7.80. The number of nitrogens with one attached hydrogen (secondary N) is 1. The van der Waals surface area contributed by atoms with Gasteiger partial charge in [0.2, 0.25) is 0 Å². The Kier molecular flexibility index (Phi) is 7.13. The molecule has 1 aliphatic rings. The van der Waals surface area contributed by atoms with E-state index in [2.05, 4.69) is 43.2 Å². The second-order valence-electron chi connectivity index (χ2n) is 6.39. The van der Waals surface area contributed by atoms with Crippen molar-refractivity contribution < 1.29 is 9.53 Å². The Morgan fingerprint density at radius 3 is 2.76 bits per heavy atom. The Morgan fingerprint density at radius 2 is 2.07 bits per heavy atom. The molecule has 0 unspecified atom stereocenters. The van der Waals surface area contributed by atoms with E-state index >= 15 is 0 Å². The van der Waals surface area contributed by atoms with Crippen LogP contribution in [0.25, 0.3) is 6.08 Å². The highest BCUT2D eigenvalue weighted by Gasteiger charge is 2.23. The van der Waals surface area contributed by atoms with Crippen LogP contribution in [0.4, 0.5) is 5.00 Å². The Labute approximate surface area is 190 Å². The van der Waals surface area contributed by atoms with Gasteiger partial charge in [-0.3, -0.25) is 4.79 Å². The maximum Gasteiger partial charge on any atom is 0.266 e. The molecule has 1 aromatic carbocycles. The highest BCUT2D eigenvalue weighted by atomic mass is 79.9. The molecule has 1 N–H and O–H groups in total. The number of anilines is 1. The molecule has 0 saturated carbocycles. The zero-order chi connectivity index (χ0) is 21.0. The van der Waals surface area contributed by atoms with Crippen molar-refractivity contribution in [2.75, 3.05) is 11.9 Å². The van der Waals surface area contributed by atoms with Crippen LogP contribution in [0.1, 0.15) is 41.3 Å². The predicted octanol–water partition coefficient (Wildman–Crippen LogP) is 5.97. The number of rotatable bonds is 5. The molecule has 148 valence electrons. The van der Waals surface area contributed by atoms with E-state index in [0.717, 1.165) is 45.1 Å². The van der Waals surface area contributed by atoms with E-state index in [-0.39, 0.29) is 5.57 Å². The monoisotopic (exact) mass is 533 g/mol. The Balaban J connectivity index is 1.94. The standard InChI is InChI=1S/C21H17Br2N3O2S/c1-2-28-19-12(8-14(22)9-17(19)23)7-13(10-24)20(27)26-21-16(11-25)15-5-3-4-6-18(15)29-21/h7-9H,2-6H2,1H3,(H,26,27)/b13-7+. The third-order valence-corrected chi connectivity index (χ3v) is 6.75. The van der Waals surface area contributed by atoms with Gasteiger partial charge in [-0.25, -0.2) is 0 Å². The molecule has 1 aromatic heterocycles. The van der Waals surface area contributed by atoms with Crippen molar-refractivity contribution >= 4 is 60.2 Å². The van der Waals surface area contributed by atoms with Crippen LogP contribution in [-0.4, -0.2) is 12.5 Å². The predicted molar refractivity (Wildman–Crippen MR) is 121 cm³/mol. The molecule has 1 amide bonds. The fraction of sp³-hybridized carbons (Fsp3) is 0.286.